The number of carbonyl (C=O) groups is 1. The van der Waals surface area contributed by atoms with Crippen molar-refractivity contribution in [1.82, 2.24) is 4.90 Å². The molecule has 0 unspecified atom stereocenters. The molecule has 1 amide bonds. The SMILES string of the molecule is CC[C@H](C)C(=O)N1CCC(Cc2ccc(-c3ccccc3)cc2)CC1. The Morgan fingerprint density at radius 2 is 1.60 bits per heavy atom. The Kier molecular flexibility index (Phi) is 5.91. The Morgan fingerprint density at radius 3 is 2.20 bits per heavy atom. The van der Waals surface area contributed by atoms with Crippen LogP contribution in [0, 0.1) is 11.8 Å². The summed E-state index contributed by atoms with van der Waals surface area (Å²) in [5.74, 6) is 1.21. The molecule has 132 valence electrons. The zero-order valence-electron chi connectivity index (χ0n) is 15.4. The molecular weight excluding hydrogens is 306 g/mol. The molecule has 0 saturated carbocycles. The van der Waals surface area contributed by atoms with Gasteiger partial charge in [-0.3, -0.25) is 4.79 Å². The average molecular weight is 335 g/mol. The van der Waals surface area contributed by atoms with Crippen molar-refractivity contribution in [2.75, 3.05) is 13.1 Å². The zero-order chi connectivity index (χ0) is 17.6. The molecule has 2 heteroatoms. The molecule has 1 fully saturated rings. The van der Waals surface area contributed by atoms with Gasteiger partial charge in [0, 0.05) is 19.0 Å². The molecule has 2 aromatic rings. The van der Waals surface area contributed by atoms with Crippen LogP contribution in [-0.2, 0) is 11.2 Å². The molecule has 1 aliphatic heterocycles. The van der Waals surface area contributed by atoms with E-state index in [1.807, 2.05) is 6.92 Å². The quantitative estimate of drug-likeness (QED) is 0.737. The Labute approximate surface area is 151 Å². The minimum atomic E-state index is 0.169. The lowest BCUT2D eigenvalue weighted by molar-refractivity contribution is -0.136. The summed E-state index contributed by atoms with van der Waals surface area (Å²) < 4.78 is 0. The van der Waals surface area contributed by atoms with Crippen molar-refractivity contribution in [3.63, 3.8) is 0 Å². The number of amides is 1. The maximum atomic E-state index is 12.3. The fourth-order valence-electron chi connectivity index (χ4n) is 3.64. The van der Waals surface area contributed by atoms with Gasteiger partial charge in [0.05, 0.1) is 0 Å². The molecule has 1 saturated heterocycles. The molecule has 1 heterocycles. The van der Waals surface area contributed by atoms with Crippen LogP contribution in [0.1, 0.15) is 38.7 Å². The summed E-state index contributed by atoms with van der Waals surface area (Å²) in [6, 6.07) is 19.5. The Balaban J connectivity index is 1.53. The van der Waals surface area contributed by atoms with E-state index in [1.54, 1.807) is 0 Å². The first-order valence-electron chi connectivity index (χ1n) is 9.60. The number of hydrogen-bond acceptors (Lipinski definition) is 1. The first kappa shape index (κ1) is 17.7. The Morgan fingerprint density at radius 1 is 1.00 bits per heavy atom. The fourth-order valence-corrected chi connectivity index (χ4v) is 3.64. The summed E-state index contributed by atoms with van der Waals surface area (Å²) in [6.45, 7) is 5.99. The largest absolute Gasteiger partial charge is 0.342 e. The van der Waals surface area contributed by atoms with Gasteiger partial charge in [0.25, 0.3) is 0 Å². The first-order valence-corrected chi connectivity index (χ1v) is 9.60. The molecule has 0 N–H and O–H groups in total. The van der Waals surface area contributed by atoms with Crippen molar-refractivity contribution in [1.29, 1.82) is 0 Å². The predicted octanol–water partition coefficient (Wildman–Crippen LogP) is 5.18. The molecule has 0 aliphatic carbocycles. The van der Waals surface area contributed by atoms with Crippen molar-refractivity contribution >= 4 is 5.91 Å². The molecule has 25 heavy (non-hydrogen) atoms. The van der Waals surface area contributed by atoms with Crippen LogP contribution in [0.25, 0.3) is 11.1 Å². The molecule has 1 aliphatic rings. The maximum Gasteiger partial charge on any atom is 0.225 e. The van der Waals surface area contributed by atoms with Crippen molar-refractivity contribution in [2.24, 2.45) is 11.8 Å². The smallest absolute Gasteiger partial charge is 0.225 e. The number of likely N-dealkylation sites (tertiary alicyclic amines) is 1. The standard InChI is InChI=1S/C23H29NO/c1-3-18(2)23(25)24-15-13-20(14-16-24)17-19-9-11-22(12-10-19)21-7-5-4-6-8-21/h4-12,18,20H,3,13-17H2,1-2H3/t18-/m0/s1. The van der Waals surface area contributed by atoms with E-state index < -0.39 is 0 Å². The van der Waals surface area contributed by atoms with Gasteiger partial charge in [0.2, 0.25) is 5.91 Å². The predicted molar refractivity (Wildman–Crippen MR) is 104 cm³/mol. The van der Waals surface area contributed by atoms with Crippen molar-refractivity contribution in [3.8, 4) is 11.1 Å². The van der Waals surface area contributed by atoms with E-state index in [1.165, 1.54) is 16.7 Å². The van der Waals surface area contributed by atoms with Gasteiger partial charge in [-0.2, -0.15) is 0 Å². The van der Waals surface area contributed by atoms with Gasteiger partial charge in [-0.05, 0) is 48.3 Å². The van der Waals surface area contributed by atoms with Gasteiger partial charge < -0.3 is 4.90 Å². The van der Waals surface area contributed by atoms with Crippen LogP contribution in [0.5, 0.6) is 0 Å². The molecule has 2 aromatic carbocycles. The number of benzene rings is 2. The second-order valence-corrected chi connectivity index (χ2v) is 7.35. The van der Waals surface area contributed by atoms with Crippen molar-refractivity contribution in [3.05, 3.63) is 60.2 Å². The van der Waals surface area contributed by atoms with Gasteiger partial charge in [-0.1, -0.05) is 68.4 Å². The third-order valence-corrected chi connectivity index (χ3v) is 5.55. The number of rotatable bonds is 5. The van der Waals surface area contributed by atoms with Gasteiger partial charge in [0.1, 0.15) is 0 Å². The molecule has 3 rings (SSSR count). The average Bonchev–Trinajstić information content (AvgIpc) is 2.68. The van der Waals surface area contributed by atoms with E-state index in [9.17, 15) is 4.79 Å². The molecule has 0 radical (unpaired) electrons. The second-order valence-electron chi connectivity index (χ2n) is 7.35. The first-order chi connectivity index (χ1) is 12.2. The van der Waals surface area contributed by atoms with Gasteiger partial charge in [-0.25, -0.2) is 0 Å². The van der Waals surface area contributed by atoms with Crippen LogP contribution >= 0.6 is 0 Å². The number of piperidine rings is 1. The highest BCUT2D eigenvalue weighted by atomic mass is 16.2. The van der Waals surface area contributed by atoms with Gasteiger partial charge in [0.15, 0.2) is 0 Å². The summed E-state index contributed by atoms with van der Waals surface area (Å²) >= 11 is 0. The number of carbonyl (C=O) groups excluding carboxylic acids is 1. The summed E-state index contributed by atoms with van der Waals surface area (Å²) in [6.07, 6.45) is 4.32. The van der Waals surface area contributed by atoms with Crippen molar-refractivity contribution < 1.29 is 4.79 Å². The lowest BCUT2D eigenvalue weighted by Gasteiger charge is -2.33. The van der Waals surface area contributed by atoms with E-state index in [-0.39, 0.29) is 5.92 Å². The summed E-state index contributed by atoms with van der Waals surface area (Å²) in [7, 11) is 0. The highest BCUT2D eigenvalue weighted by Crippen LogP contribution is 2.25. The van der Waals surface area contributed by atoms with E-state index >= 15 is 0 Å². The lowest BCUT2D eigenvalue weighted by Crippen LogP contribution is -2.41. The summed E-state index contributed by atoms with van der Waals surface area (Å²) in [5.41, 5.74) is 3.95. The monoisotopic (exact) mass is 335 g/mol. The van der Waals surface area contributed by atoms with Crippen LogP contribution in [-0.4, -0.2) is 23.9 Å². The second kappa shape index (κ2) is 8.33. The highest BCUT2D eigenvalue weighted by Gasteiger charge is 2.25. The third-order valence-electron chi connectivity index (χ3n) is 5.55. The van der Waals surface area contributed by atoms with Crippen LogP contribution < -0.4 is 0 Å². The van der Waals surface area contributed by atoms with Gasteiger partial charge >= 0.3 is 0 Å². The molecule has 0 aromatic heterocycles. The maximum absolute atomic E-state index is 12.3. The van der Waals surface area contributed by atoms with E-state index in [2.05, 4.69) is 66.4 Å². The molecule has 0 spiro atoms. The lowest BCUT2D eigenvalue weighted by atomic mass is 9.89. The number of hydrogen-bond donors (Lipinski definition) is 0. The fraction of sp³-hybridized carbons (Fsp3) is 0.435. The molecule has 2 nitrogen and oxygen atoms in total. The van der Waals surface area contributed by atoms with Crippen LogP contribution in [0.15, 0.2) is 54.6 Å². The van der Waals surface area contributed by atoms with E-state index in [4.69, 9.17) is 0 Å². The van der Waals surface area contributed by atoms with Crippen molar-refractivity contribution in [2.45, 2.75) is 39.5 Å². The van der Waals surface area contributed by atoms with E-state index in [0.29, 0.717) is 11.8 Å². The minimum Gasteiger partial charge on any atom is -0.342 e. The normalized spacial score (nSPS) is 16.6. The third kappa shape index (κ3) is 4.50. The number of nitrogens with zero attached hydrogens (tertiary/aromatic N) is 1. The molecular formula is C23H29NO. The van der Waals surface area contributed by atoms with Gasteiger partial charge in [-0.15, -0.1) is 0 Å². The van der Waals surface area contributed by atoms with Crippen LogP contribution in [0.4, 0.5) is 0 Å². The van der Waals surface area contributed by atoms with E-state index in [0.717, 1.165) is 38.8 Å². The topological polar surface area (TPSA) is 20.3 Å². The van der Waals surface area contributed by atoms with Crippen LogP contribution in [0.2, 0.25) is 0 Å². The minimum absolute atomic E-state index is 0.169. The highest BCUT2D eigenvalue weighted by molar-refractivity contribution is 5.78. The van der Waals surface area contributed by atoms with Crippen LogP contribution in [0.3, 0.4) is 0 Å². The molecule has 1 atom stereocenters. The zero-order valence-corrected chi connectivity index (χ0v) is 15.4. The summed E-state index contributed by atoms with van der Waals surface area (Å²) in [4.78, 5) is 14.4. The summed E-state index contributed by atoms with van der Waals surface area (Å²) in [5, 5.41) is 0. The molecule has 0 bridgehead atoms. The Bertz CT molecular complexity index is 669. The Hall–Kier alpha value is -2.09.